The molecule has 1 aromatic heterocycles. The molecule has 0 amide bonds. The predicted molar refractivity (Wildman–Crippen MR) is 89.0 cm³/mol. The van der Waals surface area contributed by atoms with Crippen LogP contribution in [0.3, 0.4) is 0 Å². The summed E-state index contributed by atoms with van der Waals surface area (Å²) in [5.74, 6) is -0.808. The summed E-state index contributed by atoms with van der Waals surface area (Å²) >= 11 is 0. The first-order valence-corrected chi connectivity index (χ1v) is 7.52. The fraction of sp³-hybridized carbons (Fsp3) is 0.105. The third kappa shape index (κ3) is 3.41. The van der Waals surface area contributed by atoms with E-state index in [-0.39, 0.29) is 23.9 Å². The van der Waals surface area contributed by atoms with Gasteiger partial charge in [0.2, 0.25) is 0 Å². The van der Waals surface area contributed by atoms with Gasteiger partial charge >= 0.3 is 5.88 Å². The van der Waals surface area contributed by atoms with Crippen molar-refractivity contribution < 1.29 is 14.1 Å². The maximum atomic E-state index is 12.5. The molecule has 3 rings (SSSR count). The van der Waals surface area contributed by atoms with Gasteiger partial charge in [-0.25, -0.2) is 0 Å². The third-order valence-electron chi connectivity index (χ3n) is 3.84. The number of hydrogen-bond acceptors (Lipinski definition) is 4. The van der Waals surface area contributed by atoms with E-state index in [1.807, 2.05) is 60.7 Å². The van der Waals surface area contributed by atoms with Crippen LogP contribution in [0.5, 0.6) is 0 Å². The highest BCUT2D eigenvalue weighted by atomic mass is 16.6. The lowest BCUT2D eigenvalue weighted by Gasteiger charge is -2.16. The molecule has 0 fully saturated rings. The van der Waals surface area contributed by atoms with Crippen LogP contribution in [0.2, 0.25) is 0 Å². The van der Waals surface area contributed by atoms with Crippen LogP contribution in [0.4, 0.5) is 5.88 Å². The fourth-order valence-electron chi connectivity index (χ4n) is 2.66. The molecule has 120 valence electrons. The summed E-state index contributed by atoms with van der Waals surface area (Å²) < 4.78 is 5.03. The zero-order valence-electron chi connectivity index (χ0n) is 12.8. The van der Waals surface area contributed by atoms with Crippen LogP contribution in [0.15, 0.2) is 77.2 Å². The number of benzene rings is 2. The van der Waals surface area contributed by atoms with E-state index in [0.717, 1.165) is 11.1 Å². The van der Waals surface area contributed by atoms with Crippen molar-refractivity contribution in [3.05, 3.63) is 99.8 Å². The molecule has 0 aliphatic carbocycles. The van der Waals surface area contributed by atoms with Gasteiger partial charge in [-0.2, -0.15) is 0 Å². The molecule has 1 heterocycles. The third-order valence-corrected chi connectivity index (χ3v) is 3.84. The number of furan rings is 1. The van der Waals surface area contributed by atoms with E-state index in [0.29, 0.717) is 0 Å². The quantitative estimate of drug-likeness (QED) is 0.378. The first-order chi connectivity index (χ1) is 11.6. The molecular weight excluding hydrogens is 306 g/mol. The van der Waals surface area contributed by atoms with E-state index in [4.69, 9.17) is 4.42 Å². The molecule has 0 radical (unpaired) electrons. The average molecular weight is 321 g/mol. The van der Waals surface area contributed by atoms with Crippen molar-refractivity contribution in [3.8, 4) is 0 Å². The Hall–Kier alpha value is -3.21. The zero-order chi connectivity index (χ0) is 16.9. The summed E-state index contributed by atoms with van der Waals surface area (Å²) in [4.78, 5) is 22.6. The largest absolute Gasteiger partial charge is 0.433 e. The summed E-state index contributed by atoms with van der Waals surface area (Å²) in [6.07, 6.45) is 0.179. The van der Waals surface area contributed by atoms with Gasteiger partial charge in [0.15, 0.2) is 11.5 Å². The Kier molecular flexibility index (Phi) is 4.52. The lowest BCUT2D eigenvalue weighted by Crippen LogP contribution is -2.08. The summed E-state index contributed by atoms with van der Waals surface area (Å²) in [5, 5.41) is 10.7. The van der Waals surface area contributed by atoms with Gasteiger partial charge < -0.3 is 4.42 Å². The molecule has 0 aliphatic heterocycles. The Morgan fingerprint density at radius 2 is 1.46 bits per heavy atom. The van der Waals surface area contributed by atoms with Crippen molar-refractivity contribution in [2.24, 2.45) is 0 Å². The minimum absolute atomic E-state index is 0.0126. The molecule has 0 atom stereocenters. The van der Waals surface area contributed by atoms with Gasteiger partial charge in [-0.1, -0.05) is 60.7 Å². The number of ketones is 1. The number of hydrogen-bond donors (Lipinski definition) is 0. The number of rotatable bonds is 6. The van der Waals surface area contributed by atoms with Crippen LogP contribution >= 0.6 is 0 Å². The number of nitrogens with zero attached hydrogens (tertiary/aromatic N) is 1. The smallest absolute Gasteiger partial charge is 0.397 e. The number of nitro groups is 1. The van der Waals surface area contributed by atoms with Crippen LogP contribution in [-0.4, -0.2) is 10.7 Å². The average Bonchev–Trinajstić information content (AvgIpc) is 3.11. The molecule has 0 bridgehead atoms. The molecule has 0 saturated heterocycles. The van der Waals surface area contributed by atoms with Gasteiger partial charge in [0, 0.05) is 12.3 Å². The van der Waals surface area contributed by atoms with Gasteiger partial charge in [0.25, 0.3) is 0 Å². The zero-order valence-corrected chi connectivity index (χ0v) is 12.8. The van der Waals surface area contributed by atoms with Crippen LogP contribution in [-0.2, 0) is 0 Å². The lowest BCUT2D eigenvalue weighted by atomic mass is 9.87. The van der Waals surface area contributed by atoms with E-state index in [2.05, 4.69) is 0 Å². The molecule has 2 aromatic carbocycles. The van der Waals surface area contributed by atoms with Gasteiger partial charge in [-0.15, -0.1) is 0 Å². The summed E-state index contributed by atoms with van der Waals surface area (Å²) in [6.45, 7) is 0. The number of carbonyl (C=O) groups excluding carboxylic acids is 1. The monoisotopic (exact) mass is 321 g/mol. The van der Waals surface area contributed by atoms with Crippen LogP contribution < -0.4 is 0 Å². The molecule has 5 heteroatoms. The van der Waals surface area contributed by atoms with Crippen molar-refractivity contribution in [2.75, 3.05) is 0 Å². The molecule has 0 spiro atoms. The van der Waals surface area contributed by atoms with Crippen molar-refractivity contribution in [3.63, 3.8) is 0 Å². The van der Waals surface area contributed by atoms with Gasteiger partial charge in [-0.3, -0.25) is 14.9 Å². The highest BCUT2D eigenvalue weighted by Crippen LogP contribution is 2.30. The van der Waals surface area contributed by atoms with Crippen LogP contribution in [0.25, 0.3) is 0 Å². The van der Waals surface area contributed by atoms with Crippen LogP contribution in [0.1, 0.15) is 34.0 Å². The lowest BCUT2D eigenvalue weighted by molar-refractivity contribution is -0.402. The maximum Gasteiger partial charge on any atom is 0.433 e. The van der Waals surface area contributed by atoms with Crippen molar-refractivity contribution in [2.45, 2.75) is 12.3 Å². The van der Waals surface area contributed by atoms with Crippen LogP contribution in [0, 0.1) is 10.1 Å². The highest BCUT2D eigenvalue weighted by Gasteiger charge is 2.23. The van der Waals surface area contributed by atoms with E-state index in [1.165, 1.54) is 12.1 Å². The first kappa shape index (κ1) is 15.7. The summed E-state index contributed by atoms with van der Waals surface area (Å²) in [5.41, 5.74) is 2.02. The Labute approximate surface area is 138 Å². The molecule has 0 N–H and O–H groups in total. The molecular formula is C19H15NO4. The van der Waals surface area contributed by atoms with Crippen molar-refractivity contribution in [1.29, 1.82) is 0 Å². The van der Waals surface area contributed by atoms with E-state index in [9.17, 15) is 14.9 Å². The molecule has 0 saturated carbocycles. The Morgan fingerprint density at radius 1 is 0.917 bits per heavy atom. The van der Waals surface area contributed by atoms with Gasteiger partial charge in [0.05, 0.1) is 6.07 Å². The van der Waals surface area contributed by atoms with Gasteiger partial charge in [-0.05, 0) is 17.2 Å². The number of carbonyl (C=O) groups is 1. The predicted octanol–water partition coefficient (Wildman–Crippen LogP) is 4.59. The van der Waals surface area contributed by atoms with Crippen molar-refractivity contribution >= 4 is 11.7 Å². The second-order valence-electron chi connectivity index (χ2n) is 5.40. The topological polar surface area (TPSA) is 73.3 Å². The first-order valence-electron chi connectivity index (χ1n) is 7.52. The molecule has 0 aliphatic rings. The molecule has 24 heavy (non-hydrogen) atoms. The van der Waals surface area contributed by atoms with E-state index in [1.54, 1.807) is 0 Å². The number of Topliss-reactive ketones (excluding diaryl/α,β-unsaturated/α-hetero) is 1. The molecule has 3 aromatic rings. The SMILES string of the molecule is O=C(CC(c1ccccc1)c1ccccc1)c1ccc([N+](=O)[O-])o1. The van der Waals surface area contributed by atoms with E-state index < -0.39 is 10.8 Å². The normalized spacial score (nSPS) is 10.7. The molecule has 0 unspecified atom stereocenters. The highest BCUT2D eigenvalue weighted by molar-refractivity contribution is 5.94. The second kappa shape index (κ2) is 6.91. The maximum absolute atomic E-state index is 12.5. The Bertz CT molecular complexity index is 801. The molecule has 5 nitrogen and oxygen atoms in total. The van der Waals surface area contributed by atoms with Gasteiger partial charge in [0.1, 0.15) is 4.92 Å². The van der Waals surface area contributed by atoms with E-state index >= 15 is 0 Å². The Balaban J connectivity index is 1.89. The fourth-order valence-corrected chi connectivity index (χ4v) is 2.66. The summed E-state index contributed by atoms with van der Waals surface area (Å²) in [7, 11) is 0. The summed E-state index contributed by atoms with van der Waals surface area (Å²) in [6, 6.07) is 22.0. The Morgan fingerprint density at radius 3 is 1.92 bits per heavy atom. The standard InChI is InChI=1S/C19H15NO4/c21-17(18-11-12-19(24-18)20(22)23)13-16(14-7-3-1-4-8-14)15-9-5-2-6-10-15/h1-12,16H,13H2. The second-order valence-corrected chi connectivity index (χ2v) is 5.40. The minimum Gasteiger partial charge on any atom is -0.397 e. The van der Waals surface area contributed by atoms with Crippen molar-refractivity contribution in [1.82, 2.24) is 0 Å². The minimum atomic E-state index is -0.650.